The van der Waals surface area contributed by atoms with E-state index in [-0.39, 0.29) is 21.9 Å². The lowest BCUT2D eigenvalue weighted by Gasteiger charge is -2.27. The summed E-state index contributed by atoms with van der Waals surface area (Å²) >= 11 is 6.09. The fourth-order valence-electron chi connectivity index (χ4n) is 5.74. The molecule has 2 amide bonds. The molecule has 1 atom stereocenters. The second-order valence-electron chi connectivity index (χ2n) is 10.1. The lowest BCUT2D eigenvalue weighted by molar-refractivity contribution is -0.0980. The number of para-hydroxylation sites is 1. The predicted octanol–water partition coefficient (Wildman–Crippen LogP) is 7.26. The highest BCUT2D eigenvalue weighted by atomic mass is 35.5. The van der Waals surface area contributed by atoms with Crippen molar-refractivity contribution in [1.82, 2.24) is 0 Å². The SMILES string of the molecule is C/C=C1\CC[C@@]2(CCN(C(=O)c3ccc(NC(=O)c4cc(F)ccc4Cl)c(OC)c3)c3ccccc3C2)C1.C=O. The zero-order chi connectivity index (χ0) is 28.9. The van der Waals surface area contributed by atoms with E-state index in [1.807, 2.05) is 29.9 Å². The number of allylic oxidation sites excluding steroid dienone is 2. The Labute approximate surface area is 238 Å². The number of hydrogen-bond donors (Lipinski definition) is 1. The van der Waals surface area contributed by atoms with E-state index in [1.165, 1.54) is 30.4 Å². The van der Waals surface area contributed by atoms with Gasteiger partial charge in [-0.2, -0.15) is 0 Å². The van der Waals surface area contributed by atoms with Crippen LogP contribution in [-0.2, 0) is 11.2 Å². The van der Waals surface area contributed by atoms with Crippen molar-refractivity contribution in [2.24, 2.45) is 5.41 Å². The van der Waals surface area contributed by atoms with Gasteiger partial charge in [0.1, 0.15) is 18.4 Å². The molecule has 3 aromatic rings. The minimum Gasteiger partial charge on any atom is -0.495 e. The second kappa shape index (κ2) is 12.5. The van der Waals surface area contributed by atoms with Crippen LogP contribution in [-0.4, -0.2) is 32.3 Å². The van der Waals surface area contributed by atoms with Crippen molar-refractivity contribution in [2.45, 2.75) is 39.0 Å². The quantitative estimate of drug-likeness (QED) is 0.339. The number of ether oxygens (including phenoxy) is 1. The van der Waals surface area contributed by atoms with Crippen LogP contribution in [0.5, 0.6) is 5.75 Å². The van der Waals surface area contributed by atoms with E-state index in [9.17, 15) is 14.0 Å². The van der Waals surface area contributed by atoms with Crippen molar-refractivity contribution >= 4 is 41.6 Å². The Morgan fingerprint density at radius 1 is 1.07 bits per heavy atom. The topological polar surface area (TPSA) is 75.7 Å². The Morgan fingerprint density at radius 2 is 1.85 bits per heavy atom. The largest absolute Gasteiger partial charge is 0.495 e. The van der Waals surface area contributed by atoms with Crippen LogP contribution in [0.1, 0.15) is 58.9 Å². The number of carbonyl (C=O) groups is 3. The number of rotatable bonds is 4. The normalized spacial score (nSPS) is 18.9. The van der Waals surface area contributed by atoms with Gasteiger partial charge in [-0.05, 0) is 92.5 Å². The number of carbonyl (C=O) groups excluding carboxylic acids is 3. The van der Waals surface area contributed by atoms with Crippen LogP contribution in [0.15, 0.2) is 72.3 Å². The van der Waals surface area contributed by atoms with Gasteiger partial charge in [0.15, 0.2) is 0 Å². The van der Waals surface area contributed by atoms with Gasteiger partial charge in [0, 0.05) is 17.8 Å². The van der Waals surface area contributed by atoms with Crippen molar-refractivity contribution in [3.8, 4) is 5.75 Å². The molecule has 8 heteroatoms. The van der Waals surface area contributed by atoms with Gasteiger partial charge in [-0.15, -0.1) is 0 Å². The van der Waals surface area contributed by atoms with Crippen molar-refractivity contribution in [3.05, 3.63) is 99.8 Å². The predicted molar refractivity (Wildman–Crippen MR) is 156 cm³/mol. The van der Waals surface area contributed by atoms with Gasteiger partial charge in [-0.3, -0.25) is 9.59 Å². The maximum Gasteiger partial charge on any atom is 0.258 e. The van der Waals surface area contributed by atoms with Gasteiger partial charge in [0.25, 0.3) is 11.8 Å². The van der Waals surface area contributed by atoms with Crippen molar-refractivity contribution in [2.75, 3.05) is 23.9 Å². The number of nitrogens with zero attached hydrogens (tertiary/aromatic N) is 1. The lowest BCUT2D eigenvalue weighted by Crippen LogP contribution is -2.33. The summed E-state index contributed by atoms with van der Waals surface area (Å²) in [6.45, 7) is 4.74. The van der Waals surface area contributed by atoms with E-state index >= 15 is 0 Å². The molecular formula is C32H32ClFN2O4. The third-order valence-corrected chi connectivity index (χ3v) is 8.14. The monoisotopic (exact) mass is 562 g/mol. The molecule has 3 aromatic carbocycles. The van der Waals surface area contributed by atoms with E-state index in [1.54, 1.807) is 18.2 Å². The lowest BCUT2D eigenvalue weighted by atomic mass is 9.77. The smallest absolute Gasteiger partial charge is 0.258 e. The first-order valence-corrected chi connectivity index (χ1v) is 13.5. The molecule has 1 heterocycles. The molecule has 0 bridgehead atoms. The summed E-state index contributed by atoms with van der Waals surface area (Å²) in [4.78, 5) is 36.5. The number of halogens is 2. The van der Waals surface area contributed by atoms with Crippen LogP contribution < -0.4 is 15.0 Å². The molecule has 208 valence electrons. The molecule has 1 N–H and O–H groups in total. The summed E-state index contributed by atoms with van der Waals surface area (Å²) < 4.78 is 19.2. The molecule has 40 heavy (non-hydrogen) atoms. The fourth-order valence-corrected chi connectivity index (χ4v) is 5.94. The number of amides is 2. The zero-order valence-electron chi connectivity index (χ0n) is 22.6. The molecule has 1 spiro atoms. The Balaban J connectivity index is 0.00000181. The number of anilines is 2. The number of nitrogens with one attached hydrogen (secondary N) is 1. The van der Waals surface area contributed by atoms with Crippen LogP contribution in [0.4, 0.5) is 15.8 Å². The van der Waals surface area contributed by atoms with Crippen LogP contribution in [0.25, 0.3) is 0 Å². The maximum atomic E-state index is 13.9. The third-order valence-electron chi connectivity index (χ3n) is 7.82. The van der Waals surface area contributed by atoms with Crippen molar-refractivity contribution in [3.63, 3.8) is 0 Å². The molecular weight excluding hydrogens is 531 g/mol. The first-order valence-electron chi connectivity index (χ1n) is 13.1. The van der Waals surface area contributed by atoms with E-state index in [2.05, 4.69) is 24.4 Å². The number of fused-ring (bicyclic) bond motifs is 1. The van der Waals surface area contributed by atoms with Crippen LogP contribution in [0, 0.1) is 11.2 Å². The molecule has 0 aromatic heterocycles. The molecule has 1 aliphatic carbocycles. The van der Waals surface area contributed by atoms with E-state index in [4.69, 9.17) is 21.1 Å². The zero-order valence-corrected chi connectivity index (χ0v) is 23.4. The Bertz CT molecular complexity index is 1460. The first kappa shape index (κ1) is 29.0. The van der Waals surface area contributed by atoms with Crippen LogP contribution in [0.3, 0.4) is 0 Å². The molecule has 1 aliphatic heterocycles. The summed E-state index contributed by atoms with van der Waals surface area (Å²) in [6, 6.07) is 16.7. The summed E-state index contributed by atoms with van der Waals surface area (Å²) in [7, 11) is 1.47. The highest BCUT2D eigenvalue weighted by Gasteiger charge is 2.40. The van der Waals surface area contributed by atoms with Gasteiger partial charge >= 0.3 is 0 Å². The standard InChI is InChI=1S/C31H30ClFN2O3.CH2O/c1-3-20-12-13-31(18-20)14-15-35(27-7-5-4-6-22(27)19-31)30(37)21-8-11-26(28(16-21)38-2)34-29(36)24-17-23(33)9-10-25(24)32;1-2/h3-11,16-17H,12-15,18-19H2,1-2H3,(H,34,36);1H2/b20-3+;/t31-;/m1./s1. The molecule has 6 nitrogen and oxygen atoms in total. The Kier molecular flexibility index (Phi) is 9.05. The molecule has 5 rings (SSSR count). The summed E-state index contributed by atoms with van der Waals surface area (Å²) in [6.07, 6.45) is 7.48. The number of methoxy groups -OCH3 is 1. The van der Waals surface area contributed by atoms with E-state index in [0.29, 0.717) is 23.5 Å². The second-order valence-corrected chi connectivity index (χ2v) is 10.5. The van der Waals surface area contributed by atoms with Crippen molar-refractivity contribution < 1.29 is 23.5 Å². The van der Waals surface area contributed by atoms with Gasteiger partial charge in [0.2, 0.25) is 0 Å². The Hall–Kier alpha value is -3.97. The minimum atomic E-state index is -0.573. The molecule has 1 saturated carbocycles. The summed E-state index contributed by atoms with van der Waals surface area (Å²) in [5, 5.41) is 2.85. The van der Waals surface area contributed by atoms with Gasteiger partial charge in [-0.25, -0.2) is 4.39 Å². The number of hydrogen-bond acceptors (Lipinski definition) is 4. The van der Waals surface area contributed by atoms with Gasteiger partial charge in [0.05, 0.1) is 23.4 Å². The van der Waals surface area contributed by atoms with Gasteiger partial charge in [-0.1, -0.05) is 41.4 Å². The van der Waals surface area contributed by atoms with Crippen LogP contribution in [0.2, 0.25) is 5.02 Å². The summed E-state index contributed by atoms with van der Waals surface area (Å²) in [5.74, 6) is -0.935. The number of benzene rings is 3. The first-order chi connectivity index (χ1) is 19.3. The maximum absolute atomic E-state index is 13.9. The molecule has 0 unspecified atom stereocenters. The molecule has 1 fully saturated rings. The van der Waals surface area contributed by atoms with Crippen molar-refractivity contribution in [1.29, 1.82) is 0 Å². The van der Waals surface area contributed by atoms with Crippen LogP contribution >= 0.6 is 11.6 Å². The average molecular weight is 563 g/mol. The van der Waals surface area contributed by atoms with Gasteiger partial charge < -0.3 is 19.7 Å². The molecule has 0 saturated heterocycles. The van der Waals surface area contributed by atoms with E-state index in [0.717, 1.165) is 43.9 Å². The summed E-state index contributed by atoms with van der Waals surface area (Å²) in [5.41, 5.74) is 4.64. The highest BCUT2D eigenvalue weighted by Crippen LogP contribution is 2.49. The Morgan fingerprint density at radius 3 is 2.58 bits per heavy atom. The highest BCUT2D eigenvalue weighted by molar-refractivity contribution is 6.34. The molecule has 0 radical (unpaired) electrons. The third kappa shape index (κ3) is 5.94. The fraction of sp³-hybridized carbons (Fsp3) is 0.281. The molecule has 2 aliphatic rings. The minimum absolute atomic E-state index is 0.0111. The average Bonchev–Trinajstić information content (AvgIpc) is 3.31. The van der Waals surface area contributed by atoms with E-state index < -0.39 is 11.7 Å².